The van der Waals surface area contributed by atoms with Gasteiger partial charge in [0.25, 0.3) is 0 Å². The number of aldehydes is 1. The second kappa shape index (κ2) is 5.25. The molecule has 0 heterocycles. The third-order valence-corrected chi connectivity index (χ3v) is 2.07. The van der Waals surface area contributed by atoms with E-state index in [2.05, 4.69) is 0 Å². The topological polar surface area (TPSA) is 65.0 Å². The molecule has 5 nitrogen and oxygen atoms in total. The van der Waals surface area contributed by atoms with Crippen LogP contribution in [-0.2, 0) is 0 Å². The summed E-state index contributed by atoms with van der Waals surface area (Å²) in [5.74, 6) is 0.440. The molecule has 0 aliphatic heterocycles. The van der Waals surface area contributed by atoms with Gasteiger partial charge in [-0.2, -0.15) is 0 Å². The number of methoxy groups -OCH3 is 2. The highest BCUT2D eigenvalue weighted by Gasteiger charge is 2.19. The molecule has 0 bridgehead atoms. The van der Waals surface area contributed by atoms with Crippen molar-refractivity contribution in [1.82, 2.24) is 0 Å². The van der Waals surface area contributed by atoms with Gasteiger partial charge in [-0.15, -0.1) is 0 Å². The van der Waals surface area contributed by atoms with Crippen LogP contribution in [0.25, 0.3) is 0 Å². The van der Waals surface area contributed by atoms with E-state index in [1.165, 1.54) is 20.3 Å². The lowest BCUT2D eigenvalue weighted by molar-refractivity contribution is 0.111. The van der Waals surface area contributed by atoms with Crippen molar-refractivity contribution >= 4 is 6.29 Å². The van der Waals surface area contributed by atoms with Crippen molar-refractivity contribution in [3.63, 3.8) is 0 Å². The van der Waals surface area contributed by atoms with E-state index < -0.39 is 0 Å². The Kier molecular flexibility index (Phi) is 3.99. The largest absolute Gasteiger partial charge is 0.504 e. The van der Waals surface area contributed by atoms with Crippen LogP contribution < -0.4 is 14.2 Å². The summed E-state index contributed by atoms with van der Waals surface area (Å²) in [6, 6.07) is 1.49. The van der Waals surface area contributed by atoms with Gasteiger partial charge in [0.05, 0.1) is 20.8 Å². The number of phenolic OH excluding ortho intramolecular Hbond substituents is 1. The second-order valence-electron chi connectivity index (χ2n) is 2.92. The molecule has 0 aliphatic rings. The summed E-state index contributed by atoms with van der Waals surface area (Å²) in [6.45, 7) is 2.12. The van der Waals surface area contributed by atoms with Crippen LogP contribution in [-0.4, -0.2) is 32.2 Å². The molecule has 1 N–H and O–H groups in total. The summed E-state index contributed by atoms with van der Waals surface area (Å²) in [4.78, 5) is 10.8. The monoisotopic (exact) mass is 226 g/mol. The molecule has 0 atom stereocenters. The molecule has 0 unspecified atom stereocenters. The Morgan fingerprint density at radius 1 is 1.31 bits per heavy atom. The zero-order valence-electron chi connectivity index (χ0n) is 9.44. The molecule has 88 valence electrons. The van der Waals surface area contributed by atoms with E-state index >= 15 is 0 Å². The maximum atomic E-state index is 10.8. The number of hydrogen-bond donors (Lipinski definition) is 1. The number of carbonyl (C=O) groups excluding carboxylic acids is 1. The van der Waals surface area contributed by atoms with Gasteiger partial charge in [-0.25, -0.2) is 0 Å². The Balaban J connectivity index is 3.41. The lowest BCUT2D eigenvalue weighted by Gasteiger charge is -2.14. The Labute approximate surface area is 93.6 Å². The Hall–Kier alpha value is -1.91. The van der Waals surface area contributed by atoms with E-state index in [1.807, 2.05) is 0 Å². The lowest BCUT2D eigenvalue weighted by atomic mass is 10.1. The molecule has 0 aromatic heterocycles. The molecule has 5 heteroatoms. The van der Waals surface area contributed by atoms with Crippen LogP contribution in [0, 0.1) is 0 Å². The number of benzene rings is 1. The van der Waals surface area contributed by atoms with E-state index in [-0.39, 0.29) is 22.8 Å². The number of ether oxygens (including phenoxy) is 3. The summed E-state index contributed by atoms with van der Waals surface area (Å²) in [7, 11) is 2.85. The molecule has 1 rings (SSSR count). The van der Waals surface area contributed by atoms with Crippen LogP contribution in [0.2, 0.25) is 0 Å². The minimum absolute atomic E-state index is 0.0479. The summed E-state index contributed by atoms with van der Waals surface area (Å²) >= 11 is 0. The van der Waals surface area contributed by atoms with Gasteiger partial charge in [0.2, 0.25) is 5.75 Å². The Morgan fingerprint density at radius 3 is 2.38 bits per heavy atom. The molecule has 0 radical (unpaired) electrons. The lowest BCUT2D eigenvalue weighted by Crippen LogP contribution is -2.00. The molecule has 0 aliphatic carbocycles. The van der Waals surface area contributed by atoms with Gasteiger partial charge in [-0.3, -0.25) is 4.79 Å². The third kappa shape index (κ3) is 2.03. The zero-order chi connectivity index (χ0) is 12.1. The van der Waals surface area contributed by atoms with Crippen LogP contribution in [0.5, 0.6) is 23.0 Å². The normalized spacial score (nSPS) is 9.69. The van der Waals surface area contributed by atoms with E-state index in [4.69, 9.17) is 14.2 Å². The summed E-state index contributed by atoms with van der Waals surface area (Å²) in [5.41, 5.74) is 0.0479. The van der Waals surface area contributed by atoms with Crippen LogP contribution >= 0.6 is 0 Å². The first-order chi connectivity index (χ1) is 7.69. The quantitative estimate of drug-likeness (QED) is 0.773. The van der Waals surface area contributed by atoms with Crippen molar-refractivity contribution in [2.24, 2.45) is 0 Å². The van der Waals surface area contributed by atoms with Crippen molar-refractivity contribution in [1.29, 1.82) is 0 Å². The van der Waals surface area contributed by atoms with Crippen molar-refractivity contribution in [3.05, 3.63) is 11.6 Å². The third-order valence-electron chi connectivity index (χ3n) is 2.07. The highest BCUT2D eigenvalue weighted by atomic mass is 16.5. The van der Waals surface area contributed by atoms with Crippen molar-refractivity contribution in [2.45, 2.75) is 6.92 Å². The van der Waals surface area contributed by atoms with Gasteiger partial charge in [0.15, 0.2) is 17.8 Å². The van der Waals surface area contributed by atoms with Crippen molar-refractivity contribution in [2.75, 3.05) is 20.8 Å². The van der Waals surface area contributed by atoms with Crippen LogP contribution in [0.4, 0.5) is 0 Å². The smallest absolute Gasteiger partial charge is 0.204 e. The molecular weight excluding hydrogens is 212 g/mol. The SMILES string of the molecule is CCOc1c(OC)cc(OC)c(C=O)c1O. The maximum absolute atomic E-state index is 10.8. The highest BCUT2D eigenvalue weighted by Crippen LogP contribution is 2.43. The van der Waals surface area contributed by atoms with E-state index in [9.17, 15) is 9.90 Å². The first-order valence-corrected chi connectivity index (χ1v) is 4.75. The molecule has 16 heavy (non-hydrogen) atoms. The molecule has 0 saturated carbocycles. The van der Waals surface area contributed by atoms with Gasteiger partial charge in [0, 0.05) is 6.07 Å². The highest BCUT2D eigenvalue weighted by molar-refractivity contribution is 5.86. The Morgan fingerprint density at radius 2 is 1.94 bits per heavy atom. The Bertz CT molecular complexity index is 386. The van der Waals surface area contributed by atoms with Gasteiger partial charge in [-0.05, 0) is 6.92 Å². The minimum atomic E-state index is -0.270. The van der Waals surface area contributed by atoms with Gasteiger partial charge in [-0.1, -0.05) is 0 Å². The fraction of sp³-hybridized carbons (Fsp3) is 0.364. The fourth-order valence-electron chi connectivity index (χ4n) is 1.34. The molecule has 1 aromatic carbocycles. The van der Waals surface area contributed by atoms with Gasteiger partial charge < -0.3 is 19.3 Å². The molecule has 0 saturated heterocycles. The van der Waals surface area contributed by atoms with Crippen LogP contribution in [0.3, 0.4) is 0 Å². The average Bonchev–Trinajstić information content (AvgIpc) is 2.31. The molecule has 1 aromatic rings. The van der Waals surface area contributed by atoms with Gasteiger partial charge in [0.1, 0.15) is 11.3 Å². The number of aromatic hydroxyl groups is 1. The maximum Gasteiger partial charge on any atom is 0.204 e. The predicted molar refractivity (Wildman–Crippen MR) is 57.8 cm³/mol. The number of phenols is 1. The minimum Gasteiger partial charge on any atom is -0.504 e. The molecule has 0 fully saturated rings. The predicted octanol–water partition coefficient (Wildman–Crippen LogP) is 1.62. The summed E-state index contributed by atoms with van der Waals surface area (Å²) < 4.78 is 15.2. The molecule has 0 amide bonds. The number of carbonyl (C=O) groups is 1. The van der Waals surface area contributed by atoms with E-state index in [1.54, 1.807) is 6.92 Å². The standard InChI is InChI=1S/C11H14O5/c1-4-16-11-9(15-3)5-8(14-2)7(6-12)10(11)13/h5-6,13H,4H2,1-3H3. The first-order valence-electron chi connectivity index (χ1n) is 4.75. The van der Waals surface area contributed by atoms with Crippen molar-refractivity contribution in [3.8, 4) is 23.0 Å². The summed E-state index contributed by atoms with van der Waals surface area (Å²) in [6.07, 6.45) is 0.510. The van der Waals surface area contributed by atoms with Crippen molar-refractivity contribution < 1.29 is 24.1 Å². The first kappa shape index (κ1) is 12.2. The van der Waals surface area contributed by atoms with Crippen LogP contribution in [0.15, 0.2) is 6.07 Å². The average molecular weight is 226 g/mol. The van der Waals surface area contributed by atoms with E-state index in [0.717, 1.165) is 0 Å². The number of hydrogen-bond acceptors (Lipinski definition) is 5. The zero-order valence-corrected chi connectivity index (χ0v) is 9.44. The second-order valence-corrected chi connectivity index (χ2v) is 2.92. The van der Waals surface area contributed by atoms with E-state index in [0.29, 0.717) is 18.6 Å². The summed E-state index contributed by atoms with van der Waals surface area (Å²) in [5, 5.41) is 9.83. The van der Waals surface area contributed by atoms with Crippen LogP contribution in [0.1, 0.15) is 17.3 Å². The fourth-order valence-corrected chi connectivity index (χ4v) is 1.34. The number of rotatable bonds is 5. The van der Waals surface area contributed by atoms with Gasteiger partial charge >= 0.3 is 0 Å². The molecule has 0 spiro atoms. The molecular formula is C11H14O5.